The lowest BCUT2D eigenvalue weighted by Crippen LogP contribution is -2.45. The predicted molar refractivity (Wildman–Crippen MR) is 144 cm³/mol. The van der Waals surface area contributed by atoms with Crippen molar-refractivity contribution >= 4 is 11.8 Å². The molecule has 0 aliphatic carbocycles. The van der Waals surface area contributed by atoms with Crippen molar-refractivity contribution in [1.82, 2.24) is 10.2 Å². The van der Waals surface area contributed by atoms with Crippen molar-refractivity contribution in [1.29, 1.82) is 0 Å². The first kappa shape index (κ1) is 26.0. The Bertz CT molecular complexity index is 1270. The molecule has 0 spiro atoms. The first-order valence-corrected chi connectivity index (χ1v) is 13.4. The summed E-state index contributed by atoms with van der Waals surface area (Å²) in [5.74, 6) is 1.39. The maximum Gasteiger partial charge on any atom is 0.287 e. The standard InChI is InChI=1S/C31H36N2O5/c1-31(2,3)30(35)33-16-15-21-11-12-23(18-26(21)28(33)22-8-5-4-6-9-22)37-20-25-13-14-27(38-25)29(34)32-19-24-10-7-17-36-24/h4-6,8-9,11-14,18,24,28H,7,10,15-17,19-20H2,1-3H3,(H,32,34)/t24-,28-/m1/s1. The van der Waals surface area contributed by atoms with Gasteiger partial charge in [-0.1, -0.05) is 57.2 Å². The summed E-state index contributed by atoms with van der Waals surface area (Å²) < 4.78 is 17.4. The fraction of sp³-hybridized carbons (Fsp3) is 0.419. The van der Waals surface area contributed by atoms with Gasteiger partial charge in [-0.25, -0.2) is 0 Å². The van der Waals surface area contributed by atoms with E-state index in [-0.39, 0.29) is 36.3 Å². The molecule has 2 aromatic carbocycles. The molecule has 0 bridgehead atoms. The summed E-state index contributed by atoms with van der Waals surface area (Å²) in [6.07, 6.45) is 2.87. The third-order valence-corrected chi connectivity index (χ3v) is 7.14. The maximum absolute atomic E-state index is 13.4. The predicted octanol–water partition coefficient (Wildman–Crippen LogP) is 5.29. The Labute approximate surface area is 224 Å². The molecule has 7 nitrogen and oxygen atoms in total. The lowest BCUT2D eigenvalue weighted by atomic mass is 9.85. The number of carbonyl (C=O) groups excluding carboxylic acids is 2. The highest BCUT2D eigenvalue weighted by molar-refractivity contribution is 5.91. The van der Waals surface area contributed by atoms with Crippen molar-refractivity contribution < 1.29 is 23.5 Å². The Morgan fingerprint density at radius 3 is 2.63 bits per heavy atom. The second kappa shape index (κ2) is 11.0. The zero-order valence-corrected chi connectivity index (χ0v) is 22.4. The number of benzene rings is 2. The van der Waals surface area contributed by atoms with Gasteiger partial charge in [0.25, 0.3) is 5.91 Å². The highest BCUT2D eigenvalue weighted by Gasteiger charge is 2.37. The molecule has 3 heterocycles. The molecule has 200 valence electrons. The average Bonchev–Trinajstić information content (AvgIpc) is 3.62. The van der Waals surface area contributed by atoms with Crippen molar-refractivity contribution in [3.8, 4) is 5.75 Å². The summed E-state index contributed by atoms with van der Waals surface area (Å²) in [5.41, 5.74) is 2.89. The lowest BCUT2D eigenvalue weighted by Gasteiger charge is -2.41. The molecule has 0 radical (unpaired) electrons. The zero-order chi connectivity index (χ0) is 26.7. The van der Waals surface area contributed by atoms with E-state index in [0.29, 0.717) is 24.6 Å². The smallest absolute Gasteiger partial charge is 0.287 e. The molecule has 5 rings (SSSR count). The normalized spacial score (nSPS) is 19.2. The summed E-state index contributed by atoms with van der Waals surface area (Å²) in [7, 11) is 0. The van der Waals surface area contributed by atoms with Gasteiger partial charge in [-0.05, 0) is 60.2 Å². The van der Waals surface area contributed by atoms with Crippen molar-refractivity contribution in [2.45, 2.75) is 58.8 Å². The molecule has 2 atom stereocenters. The largest absolute Gasteiger partial charge is 0.486 e. The van der Waals surface area contributed by atoms with Crippen LogP contribution in [0.3, 0.4) is 0 Å². The van der Waals surface area contributed by atoms with Crippen LogP contribution in [0.2, 0.25) is 0 Å². The minimum atomic E-state index is -0.480. The second-order valence-electron chi connectivity index (χ2n) is 11.1. The molecular formula is C31H36N2O5. The van der Waals surface area contributed by atoms with Gasteiger partial charge >= 0.3 is 0 Å². The van der Waals surface area contributed by atoms with Gasteiger partial charge in [0, 0.05) is 25.1 Å². The fourth-order valence-corrected chi connectivity index (χ4v) is 5.16. The third-order valence-electron chi connectivity index (χ3n) is 7.14. The number of carbonyl (C=O) groups is 2. The fourth-order valence-electron chi connectivity index (χ4n) is 5.16. The number of hydrogen-bond donors (Lipinski definition) is 1. The first-order valence-electron chi connectivity index (χ1n) is 13.4. The molecule has 0 unspecified atom stereocenters. The van der Waals surface area contributed by atoms with Crippen LogP contribution in [0.25, 0.3) is 0 Å². The van der Waals surface area contributed by atoms with Crippen LogP contribution in [0, 0.1) is 5.41 Å². The third kappa shape index (κ3) is 5.78. The van der Waals surface area contributed by atoms with E-state index in [1.807, 2.05) is 56.0 Å². The molecule has 1 aromatic heterocycles. The SMILES string of the molecule is CC(C)(C)C(=O)N1CCc2ccc(OCc3ccc(C(=O)NC[C@H]4CCCO4)o3)cc2[C@H]1c1ccccc1. The summed E-state index contributed by atoms with van der Waals surface area (Å²) in [6.45, 7) is 8.00. The highest BCUT2D eigenvalue weighted by atomic mass is 16.5. The molecule has 38 heavy (non-hydrogen) atoms. The maximum atomic E-state index is 13.4. The van der Waals surface area contributed by atoms with Crippen molar-refractivity contribution in [2.24, 2.45) is 5.41 Å². The van der Waals surface area contributed by atoms with Crippen LogP contribution in [-0.4, -0.2) is 42.5 Å². The highest BCUT2D eigenvalue weighted by Crippen LogP contribution is 2.39. The number of hydrogen-bond acceptors (Lipinski definition) is 5. The van der Waals surface area contributed by atoms with Crippen LogP contribution in [0.15, 0.2) is 65.1 Å². The van der Waals surface area contributed by atoms with Gasteiger partial charge in [0.15, 0.2) is 5.76 Å². The van der Waals surface area contributed by atoms with Crippen LogP contribution in [-0.2, 0) is 22.6 Å². The van der Waals surface area contributed by atoms with Gasteiger partial charge in [0.2, 0.25) is 5.91 Å². The van der Waals surface area contributed by atoms with Gasteiger partial charge in [0.1, 0.15) is 18.1 Å². The Morgan fingerprint density at radius 2 is 1.89 bits per heavy atom. The Balaban J connectivity index is 1.30. The van der Waals surface area contributed by atoms with Crippen LogP contribution >= 0.6 is 0 Å². The molecular weight excluding hydrogens is 480 g/mol. The number of amides is 2. The second-order valence-corrected chi connectivity index (χ2v) is 11.1. The van der Waals surface area contributed by atoms with Crippen molar-refractivity contribution in [2.75, 3.05) is 19.7 Å². The molecule has 1 saturated heterocycles. The molecule has 2 aliphatic rings. The summed E-state index contributed by atoms with van der Waals surface area (Å²) in [6, 6.07) is 19.5. The van der Waals surface area contributed by atoms with Gasteiger partial charge in [-0.2, -0.15) is 0 Å². The van der Waals surface area contributed by atoms with Gasteiger partial charge in [0.05, 0.1) is 12.1 Å². The topological polar surface area (TPSA) is 81.0 Å². The molecule has 1 fully saturated rings. The number of nitrogens with one attached hydrogen (secondary N) is 1. The number of rotatable bonds is 7. The van der Waals surface area contributed by atoms with Gasteiger partial charge in [-0.15, -0.1) is 0 Å². The van der Waals surface area contributed by atoms with Crippen molar-refractivity contribution in [3.05, 3.63) is 88.9 Å². The Kier molecular flexibility index (Phi) is 7.56. The zero-order valence-electron chi connectivity index (χ0n) is 22.4. The Hall–Kier alpha value is -3.58. The summed E-state index contributed by atoms with van der Waals surface area (Å²) in [4.78, 5) is 27.9. The number of ether oxygens (including phenoxy) is 2. The number of nitrogens with zero attached hydrogens (tertiary/aromatic N) is 1. The van der Waals surface area contributed by atoms with Crippen LogP contribution in [0.1, 0.15) is 72.7 Å². The number of fused-ring (bicyclic) bond motifs is 1. The minimum absolute atomic E-state index is 0.0788. The quantitative estimate of drug-likeness (QED) is 0.462. The lowest BCUT2D eigenvalue weighted by molar-refractivity contribution is -0.141. The monoisotopic (exact) mass is 516 g/mol. The van der Waals surface area contributed by atoms with Crippen LogP contribution in [0.4, 0.5) is 0 Å². The van der Waals surface area contributed by atoms with E-state index in [4.69, 9.17) is 13.9 Å². The Morgan fingerprint density at radius 1 is 1.08 bits per heavy atom. The van der Waals surface area contributed by atoms with Gasteiger partial charge in [-0.3, -0.25) is 9.59 Å². The van der Waals surface area contributed by atoms with E-state index < -0.39 is 5.41 Å². The minimum Gasteiger partial charge on any atom is -0.486 e. The molecule has 2 amide bonds. The molecule has 2 aliphatic heterocycles. The molecule has 3 aromatic rings. The molecule has 0 saturated carbocycles. The summed E-state index contributed by atoms with van der Waals surface area (Å²) in [5, 5.41) is 2.88. The van der Waals surface area contributed by atoms with E-state index in [9.17, 15) is 9.59 Å². The summed E-state index contributed by atoms with van der Waals surface area (Å²) >= 11 is 0. The van der Waals surface area contributed by atoms with E-state index in [2.05, 4.69) is 23.5 Å². The van der Waals surface area contributed by atoms with E-state index in [1.54, 1.807) is 12.1 Å². The van der Waals surface area contributed by atoms with Crippen molar-refractivity contribution in [3.63, 3.8) is 0 Å². The van der Waals surface area contributed by atoms with E-state index in [0.717, 1.165) is 37.0 Å². The van der Waals surface area contributed by atoms with Gasteiger partial charge < -0.3 is 24.1 Å². The molecule has 7 heteroatoms. The van der Waals surface area contributed by atoms with E-state index in [1.165, 1.54) is 5.56 Å². The van der Waals surface area contributed by atoms with E-state index >= 15 is 0 Å². The first-order chi connectivity index (χ1) is 18.3. The van der Waals surface area contributed by atoms with Crippen LogP contribution in [0.5, 0.6) is 5.75 Å². The average molecular weight is 517 g/mol. The number of furan rings is 1. The van der Waals surface area contributed by atoms with Crippen LogP contribution < -0.4 is 10.1 Å². The molecule has 1 N–H and O–H groups in total.